The summed E-state index contributed by atoms with van der Waals surface area (Å²) in [7, 11) is 1.99. The number of hydrogen-bond acceptors (Lipinski definition) is 3. The first-order valence-electron chi connectivity index (χ1n) is 8.34. The number of benzene rings is 1. The Hall–Kier alpha value is -2.86. The molecule has 1 aliphatic rings. The molecule has 1 aromatic carbocycles. The predicted molar refractivity (Wildman–Crippen MR) is 93.6 cm³/mol. The minimum atomic E-state index is -0.0821. The Bertz CT molecular complexity index is 868. The van der Waals surface area contributed by atoms with Crippen molar-refractivity contribution in [1.29, 1.82) is 0 Å². The number of aryl methyl sites for hydroxylation is 1. The molecule has 0 aliphatic carbocycles. The third-order valence-corrected chi connectivity index (χ3v) is 4.56. The summed E-state index contributed by atoms with van der Waals surface area (Å²) in [5.74, 6) is -0.0170. The Morgan fingerprint density at radius 1 is 1.20 bits per heavy atom. The highest BCUT2D eigenvalue weighted by molar-refractivity contribution is 5.94. The fraction of sp³-hybridized carbons (Fsp3) is 0.263. The summed E-state index contributed by atoms with van der Waals surface area (Å²) in [6, 6.07) is 13.7. The SMILES string of the molecule is Cn1cccc1[C@@H]1COCCN1C(=O)c1cnn(-c2ccccc2)c1. The van der Waals surface area contributed by atoms with Crippen LogP contribution in [-0.2, 0) is 11.8 Å². The molecule has 6 heteroatoms. The van der Waals surface area contributed by atoms with Gasteiger partial charge in [0, 0.05) is 31.7 Å². The predicted octanol–water partition coefficient (Wildman–Crippen LogP) is 2.42. The molecule has 0 spiro atoms. The highest BCUT2D eigenvalue weighted by Gasteiger charge is 2.31. The zero-order valence-corrected chi connectivity index (χ0v) is 14.1. The van der Waals surface area contributed by atoms with E-state index in [2.05, 4.69) is 5.10 Å². The Morgan fingerprint density at radius 2 is 2.04 bits per heavy atom. The number of carbonyl (C=O) groups is 1. The van der Waals surface area contributed by atoms with Crippen molar-refractivity contribution in [3.8, 4) is 5.69 Å². The number of hydrogen-bond donors (Lipinski definition) is 0. The van der Waals surface area contributed by atoms with Crippen molar-refractivity contribution in [2.24, 2.45) is 7.05 Å². The van der Waals surface area contributed by atoms with Gasteiger partial charge in [-0.25, -0.2) is 4.68 Å². The molecule has 0 N–H and O–H groups in total. The van der Waals surface area contributed by atoms with Crippen molar-refractivity contribution >= 4 is 5.91 Å². The van der Waals surface area contributed by atoms with Crippen LogP contribution >= 0.6 is 0 Å². The summed E-state index contributed by atoms with van der Waals surface area (Å²) in [6.07, 6.45) is 5.40. The Labute approximate surface area is 146 Å². The molecule has 128 valence electrons. The van der Waals surface area contributed by atoms with Crippen LogP contribution in [0.25, 0.3) is 5.69 Å². The molecule has 3 aromatic rings. The standard InChI is InChI=1S/C19H20N4O2/c1-21-9-5-8-17(21)18-14-25-11-10-22(18)19(24)15-12-20-23(13-15)16-6-3-2-4-7-16/h2-9,12-13,18H,10-11,14H2,1H3/t18-/m0/s1. The van der Waals surface area contributed by atoms with Crippen LogP contribution in [0.2, 0.25) is 0 Å². The van der Waals surface area contributed by atoms with Gasteiger partial charge in [-0.3, -0.25) is 4.79 Å². The van der Waals surface area contributed by atoms with Gasteiger partial charge in [-0.2, -0.15) is 5.10 Å². The molecule has 2 aromatic heterocycles. The van der Waals surface area contributed by atoms with E-state index >= 15 is 0 Å². The minimum Gasteiger partial charge on any atom is -0.377 e. The Morgan fingerprint density at radius 3 is 2.80 bits per heavy atom. The van der Waals surface area contributed by atoms with E-state index in [9.17, 15) is 4.79 Å². The summed E-state index contributed by atoms with van der Waals surface area (Å²) in [5, 5.41) is 4.34. The lowest BCUT2D eigenvalue weighted by Gasteiger charge is -2.35. The topological polar surface area (TPSA) is 52.3 Å². The van der Waals surface area contributed by atoms with Gasteiger partial charge in [0.15, 0.2) is 0 Å². The fourth-order valence-corrected chi connectivity index (χ4v) is 3.23. The molecular weight excluding hydrogens is 316 g/mol. The average molecular weight is 336 g/mol. The second-order valence-corrected chi connectivity index (χ2v) is 6.14. The molecule has 3 heterocycles. The van der Waals surface area contributed by atoms with Crippen molar-refractivity contribution in [2.75, 3.05) is 19.8 Å². The van der Waals surface area contributed by atoms with Gasteiger partial charge >= 0.3 is 0 Å². The molecule has 0 saturated carbocycles. The van der Waals surface area contributed by atoms with Crippen molar-refractivity contribution < 1.29 is 9.53 Å². The fourth-order valence-electron chi connectivity index (χ4n) is 3.23. The van der Waals surface area contributed by atoms with Crippen molar-refractivity contribution in [2.45, 2.75) is 6.04 Å². The molecule has 0 radical (unpaired) electrons. The van der Waals surface area contributed by atoms with E-state index in [0.717, 1.165) is 11.4 Å². The molecule has 1 amide bonds. The third kappa shape index (κ3) is 2.96. The average Bonchev–Trinajstić information content (AvgIpc) is 3.31. The van der Waals surface area contributed by atoms with Crippen LogP contribution in [0.1, 0.15) is 22.1 Å². The number of ether oxygens (including phenoxy) is 1. The monoisotopic (exact) mass is 336 g/mol. The number of rotatable bonds is 3. The maximum Gasteiger partial charge on any atom is 0.257 e. The van der Waals surface area contributed by atoms with Crippen molar-refractivity contribution in [3.05, 3.63) is 72.3 Å². The maximum atomic E-state index is 13.1. The van der Waals surface area contributed by atoms with Gasteiger partial charge in [0.25, 0.3) is 5.91 Å². The molecule has 4 rings (SSSR count). The quantitative estimate of drug-likeness (QED) is 0.738. The van der Waals surface area contributed by atoms with Crippen LogP contribution in [-0.4, -0.2) is 44.9 Å². The van der Waals surface area contributed by atoms with E-state index in [1.807, 2.05) is 65.2 Å². The molecule has 6 nitrogen and oxygen atoms in total. The second kappa shape index (κ2) is 6.57. The highest BCUT2D eigenvalue weighted by Crippen LogP contribution is 2.26. The van der Waals surface area contributed by atoms with Crippen LogP contribution in [0, 0.1) is 0 Å². The summed E-state index contributed by atoms with van der Waals surface area (Å²) in [4.78, 5) is 14.9. The van der Waals surface area contributed by atoms with Crippen LogP contribution in [0.5, 0.6) is 0 Å². The van der Waals surface area contributed by atoms with Crippen LogP contribution in [0.4, 0.5) is 0 Å². The molecule has 25 heavy (non-hydrogen) atoms. The van der Waals surface area contributed by atoms with Crippen LogP contribution < -0.4 is 0 Å². The first-order chi connectivity index (χ1) is 12.2. The third-order valence-electron chi connectivity index (χ3n) is 4.56. The van der Waals surface area contributed by atoms with Gasteiger partial charge in [-0.1, -0.05) is 18.2 Å². The normalized spacial score (nSPS) is 17.6. The number of aromatic nitrogens is 3. The highest BCUT2D eigenvalue weighted by atomic mass is 16.5. The first-order valence-corrected chi connectivity index (χ1v) is 8.34. The van der Waals surface area contributed by atoms with Crippen molar-refractivity contribution in [1.82, 2.24) is 19.2 Å². The number of nitrogens with zero attached hydrogens (tertiary/aromatic N) is 4. The van der Waals surface area contributed by atoms with E-state index in [4.69, 9.17) is 4.74 Å². The first kappa shape index (κ1) is 15.7. The summed E-state index contributed by atoms with van der Waals surface area (Å²) in [5.41, 5.74) is 2.59. The lowest BCUT2D eigenvalue weighted by molar-refractivity contribution is -0.00463. The van der Waals surface area contributed by atoms with E-state index in [1.54, 1.807) is 17.1 Å². The minimum absolute atomic E-state index is 0.0170. The van der Waals surface area contributed by atoms with Crippen LogP contribution in [0.3, 0.4) is 0 Å². The number of morpholine rings is 1. The lowest BCUT2D eigenvalue weighted by Crippen LogP contribution is -2.43. The lowest BCUT2D eigenvalue weighted by atomic mass is 10.1. The number of carbonyl (C=O) groups excluding carboxylic acids is 1. The van der Waals surface area contributed by atoms with E-state index in [-0.39, 0.29) is 11.9 Å². The zero-order valence-electron chi connectivity index (χ0n) is 14.1. The van der Waals surface area contributed by atoms with Gasteiger partial charge < -0.3 is 14.2 Å². The summed E-state index contributed by atoms with van der Waals surface area (Å²) >= 11 is 0. The van der Waals surface area contributed by atoms with E-state index in [1.165, 1.54) is 0 Å². The Kier molecular flexibility index (Phi) is 4.11. The van der Waals surface area contributed by atoms with E-state index in [0.29, 0.717) is 25.3 Å². The van der Waals surface area contributed by atoms with E-state index < -0.39 is 0 Å². The largest absolute Gasteiger partial charge is 0.377 e. The molecular formula is C19H20N4O2. The van der Waals surface area contributed by atoms with Gasteiger partial charge in [-0.15, -0.1) is 0 Å². The zero-order chi connectivity index (χ0) is 17.2. The molecule has 0 bridgehead atoms. The molecule has 1 fully saturated rings. The van der Waals surface area contributed by atoms with Gasteiger partial charge in [-0.05, 0) is 24.3 Å². The number of amides is 1. The molecule has 0 unspecified atom stereocenters. The number of para-hydroxylation sites is 1. The summed E-state index contributed by atoms with van der Waals surface area (Å²) < 4.78 is 9.39. The smallest absolute Gasteiger partial charge is 0.257 e. The van der Waals surface area contributed by atoms with Gasteiger partial charge in [0.05, 0.1) is 36.7 Å². The Balaban J connectivity index is 1.61. The van der Waals surface area contributed by atoms with Crippen LogP contribution in [0.15, 0.2) is 61.1 Å². The molecule has 1 atom stereocenters. The second-order valence-electron chi connectivity index (χ2n) is 6.14. The van der Waals surface area contributed by atoms with Crippen molar-refractivity contribution in [3.63, 3.8) is 0 Å². The van der Waals surface area contributed by atoms with Gasteiger partial charge in [0.2, 0.25) is 0 Å². The summed E-state index contributed by atoms with van der Waals surface area (Å²) in [6.45, 7) is 1.64. The van der Waals surface area contributed by atoms with Gasteiger partial charge in [0.1, 0.15) is 0 Å². The maximum absolute atomic E-state index is 13.1. The molecule has 1 aliphatic heterocycles. The molecule has 1 saturated heterocycles.